The normalized spacial score (nSPS) is 11.3. The monoisotopic (exact) mass is 295 g/mol. The first-order chi connectivity index (χ1) is 9.53. The van der Waals surface area contributed by atoms with Crippen LogP contribution in [0.2, 0.25) is 0 Å². The number of rotatable bonds is 5. The van der Waals surface area contributed by atoms with E-state index in [1.807, 2.05) is 0 Å². The van der Waals surface area contributed by atoms with Gasteiger partial charge in [0, 0.05) is 6.54 Å². The number of halogens is 1. The van der Waals surface area contributed by atoms with Crippen LogP contribution in [0.3, 0.4) is 0 Å². The molecule has 2 rings (SSSR count). The molecule has 0 radical (unpaired) electrons. The fourth-order valence-corrected chi connectivity index (χ4v) is 2.76. The lowest BCUT2D eigenvalue weighted by Crippen LogP contribution is -2.24. The Kier molecular flexibility index (Phi) is 4.36. The number of hydrogen-bond donors (Lipinski definition) is 1. The molecule has 0 aliphatic heterocycles. The van der Waals surface area contributed by atoms with Crippen LogP contribution in [0.15, 0.2) is 53.4 Å². The molecule has 0 saturated carbocycles. The minimum Gasteiger partial charge on any atom is -0.497 e. The van der Waals surface area contributed by atoms with Crippen LogP contribution in [0.1, 0.15) is 5.56 Å². The number of hydrogen-bond acceptors (Lipinski definition) is 3. The molecule has 0 bridgehead atoms. The molecule has 0 saturated heterocycles. The zero-order chi connectivity index (χ0) is 14.6. The topological polar surface area (TPSA) is 55.4 Å². The molecule has 0 spiro atoms. The largest absolute Gasteiger partial charge is 0.497 e. The van der Waals surface area contributed by atoms with Crippen molar-refractivity contribution in [2.75, 3.05) is 7.11 Å². The van der Waals surface area contributed by atoms with Gasteiger partial charge in [-0.1, -0.05) is 24.3 Å². The lowest BCUT2D eigenvalue weighted by Gasteiger charge is -2.08. The van der Waals surface area contributed by atoms with Gasteiger partial charge in [-0.15, -0.1) is 0 Å². The molecule has 0 aliphatic carbocycles. The smallest absolute Gasteiger partial charge is 0.243 e. The minimum absolute atomic E-state index is 0.0840. The maximum absolute atomic E-state index is 13.5. The van der Waals surface area contributed by atoms with Gasteiger partial charge in [-0.05, 0) is 29.8 Å². The van der Waals surface area contributed by atoms with Gasteiger partial charge in [-0.2, -0.15) is 0 Å². The molecule has 1 N–H and O–H groups in total. The molecule has 0 aromatic heterocycles. The van der Waals surface area contributed by atoms with Gasteiger partial charge >= 0.3 is 0 Å². The van der Waals surface area contributed by atoms with E-state index < -0.39 is 15.8 Å². The molecule has 20 heavy (non-hydrogen) atoms. The lowest BCUT2D eigenvalue weighted by molar-refractivity contribution is 0.414. The van der Waals surface area contributed by atoms with Crippen molar-refractivity contribution >= 4 is 10.0 Å². The summed E-state index contributed by atoms with van der Waals surface area (Å²) in [6.07, 6.45) is 0. The predicted octanol–water partition coefficient (Wildman–Crippen LogP) is 2.31. The first-order valence-electron chi connectivity index (χ1n) is 5.90. The quantitative estimate of drug-likeness (QED) is 0.921. The second-order valence-electron chi connectivity index (χ2n) is 4.10. The number of nitrogens with one attached hydrogen (secondary N) is 1. The summed E-state index contributed by atoms with van der Waals surface area (Å²) in [4.78, 5) is -0.353. The Hall–Kier alpha value is -1.92. The fraction of sp³-hybridized carbons (Fsp3) is 0.143. The molecule has 0 fully saturated rings. The second-order valence-corrected chi connectivity index (χ2v) is 5.84. The summed E-state index contributed by atoms with van der Waals surface area (Å²) in [7, 11) is -2.31. The van der Waals surface area contributed by atoms with Gasteiger partial charge in [0.15, 0.2) is 0 Å². The van der Waals surface area contributed by atoms with Gasteiger partial charge < -0.3 is 4.74 Å². The van der Waals surface area contributed by atoms with Crippen molar-refractivity contribution in [1.82, 2.24) is 4.72 Å². The zero-order valence-electron chi connectivity index (χ0n) is 10.8. The van der Waals surface area contributed by atoms with Crippen molar-refractivity contribution in [2.24, 2.45) is 0 Å². The molecule has 0 heterocycles. The molecule has 0 atom stereocenters. The average molecular weight is 295 g/mol. The van der Waals surface area contributed by atoms with Crippen molar-refractivity contribution in [1.29, 1.82) is 0 Å². The van der Waals surface area contributed by atoms with E-state index in [2.05, 4.69) is 4.72 Å². The molecule has 0 unspecified atom stereocenters. The van der Waals surface area contributed by atoms with E-state index in [9.17, 15) is 12.8 Å². The van der Waals surface area contributed by atoms with E-state index in [4.69, 9.17) is 4.74 Å². The van der Waals surface area contributed by atoms with Crippen molar-refractivity contribution in [3.8, 4) is 5.75 Å². The predicted molar refractivity (Wildman–Crippen MR) is 73.4 cm³/mol. The summed E-state index contributed by atoms with van der Waals surface area (Å²) in [6, 6.07) is 12.2. The van der Waals surface area contributed by atoms with Crippen molar-refractivity contribution in [3.63, 3.8) is 0 Å². The highest BCUT2D eigenvalue weighted by molar-refractivity contribution is 7.89. The van der Waals surface area contributed by atoms with Gasteiger partial charge in [-0.3, -0.25) is 0 Å². The Morgan fingerprint density at radius 1 is 1.10 bits per heavy atom. The molecule has 4 nitrogen and oxygen atoms in total. The van der Waals surface area contributed by atoms with Crippen LogP contribution < -0.4 is 9.46 Å². The van der Waals surface area contributed by atoms with Crippen LogP contribution >= 0.6 is 0 Å². The Balaban J connectivity index is 2.11. The third kappa shape index (κ3) is 3.34. The van der Waals surface area contributed by atoms with E-state index in [-0.39, 0.29) is 11.4 Å². The van der Waals surface area contributed by atoms with Crippen LogP contribution in [0, 0.1) is 5.82 Å². The molecule has 2 aromatic rings. The lowest BCUT2D eigenvalue weighted by atomic mass is 10.2. The maximum atomic E-state index is 13.5. The number of ether oxygens (including phenoxy) is 1. The van der Waals surface area contributed by atoms with E-state index in [0.717, 1.165) is 11.6 Å². The van der Waals surface area contributed by atoms with E-state index >= 15 is 0 Å². The van der Waals surface area contributed by atoms with Crippen molar-refractivity contribution in [2.45, 2.75) is 11.4 Å². The van der Waals surface area contributed by atoms with Gasteiger partial charge in [0.05, 0.1) is 7.11 Å². The highest BCUT2D eigenvalue weighted by Crippen LogP contribution is 2.15. The second kappa shape index (κ2) is 6.02. The number of methoxy groups -OCH3 is 1. The minimum atomic E-state index is -3.86. The SMILES string of the molecule is COc1ccc(CNS(=O)(=O)c2ccccc2F)cc1. The molecular formula is C14H14FNO3S. The molecule has 0 amide bonds. The van der Waals surface area contributed by atoms with Crippen molar-refractivity contribution in [3.05, 3.63) is 59.9 Å². The summed E-state index contributed by atoms with van der Waals surface area (Å²) in [5, 5.41) is 0. The van der Waals surface area contributed by atoms with Crippen LogP contribution in [-0.4, -0.2) is 15.5 Å². The summed E-state index contributed by atoms with van der Waals surface area (Å²) in [6.45, 7) is 0.0840. The summed E-state index contributed by atoms with van der Waals surface area (Å²) in [5.74, 6) is -0.0829. The standard InChI is InChI=1S/C14H14FNO3S/c1-19-12-8-6-11(7-9-12)10-16-20(17,18)14-5-3-2-4-13(14)15/h2-9,16H,10H2,1H3. The van der Waals surface area contributed by atoms with Gasteiger partial charge in [0.2, 0.25) is 10.0 Å². The Morgan fingerprint density at radius 3 is 2.35 bits per heavy atom. The summed E-state index contributed by atoms with van der Waals surface area (Å²) < 4.78 is 44.8. The number of benzene rings is 2. The first-order valence-corrected chi connectivity index (χ1v) is 7.38. The first kappa shape index (κ1) is 14.5. The third-order valence-corrected chi connectivity index (χ3v) is 4.19. The molecule has 106 valence electrons. The third-order valence-electron chi connectivity index (χ3n) is 2.75. The highest BCUT2D eigenvalue weighted by atomic mass is 32.2. The van der Waals surface area contributed by atoms with Crippen LogP contribution in [0.4, 0.5) is 4.39 Å². The Morgan fingerprint density at radius 2 is 1.75 bits per heavy atom. The Labute approximate surface area is 117 Å². The summed E-state index contributed by atoms with van der Waals surface area (Å²) in [5.41, 5.74) is 0.755. The fourth-order valence-electron chi connectivity index (χ4n) is 1.66. The van der Waals surface area contributed by atoms with E-state index in [0.29, 0.717) is 5.75 Å². The maximum Gasteiger partial charge on any atom is 0.243 e. The van der Waals surface area contributed by atoms with Gasteiger partial charge in [0.25, 0.3) is 0 Å². The van der Waals surface area contributed by atoms with Crippen LogP contribution in [-0.2, 0) is 16.6 Å². The molecule has 2 aromatic carbocycles. The molecular weight excluding hydrogens is 281 g/mol. The molecule has 6 heteroatoms. The van der Waals surface area contributed by atoms with Gasteiger partial charge in [0.1, 0.15) is 16.5 Å². The molecule has 0 aliphatic rings. The Bertz CT molecular complexity index is 684. The van der Waals surface area contributed by atoms with E-state index in [1.54, 1.807) is 31.4 Å². The number of sulfonamides is 1. The highest BCUT2D eigenvalue weighted by Gasteiger charge is 2.17. The van der Waals surface area contributed by atoms with Crippen LogP contribution in [0.25, 0.3) is 0 Å². The average Bonchev–Trinajstić information content (AvgIpc) is 2.46. The van der Waals surface area contributed by atoms with E-state index in [1.165, 1.54) is 18.2 Å². The zero-order valence-corrected chi connectivity index (χ0v) is 11.7. The van der Waals surface area contributed by atoms with Gasteiger partial charge in [-0.25, -0.2) is 17.5 Å². The van der Waals surface area contributed by atoms with Crippen LogP contribution in [0.5, 0.6) is 5.75 Å². The summed E-state index contributed by atoms with van der Waals surface area (Å²) >= 11 is 0. The van der Waals surface area contributed by atoms with Crippen molar-refractivity contribution < 1.29 is 17.5 Å².